The first kappa shape index (κ1) is 21.1. The summed E-state index contributed by atoms with van der Waals surface area (Å²) in [4.78, 5) is 13.3. The third kappa shape index (κ3) is 4.51. The Morgan fingerprint density at radius 3 is 2.75 bits per heavy atom. The fourth-order valence-corrected chi connectivity index (χ4v) is 5.62. The van der Waals surface area contributed by atoms with Gasteiger partial charge in [-0.05, 0) is 50.1 Å². The zero-order valence-electron chi connectivity index (χ0n) is 15.3. The second kappa shape index (κ2) is 8.41. The van der Waals surface area contributed by atoms with Gasteiger partial charge in [-0.3, -0.25) is 4.79 Å². The van der Waals surface area contributed by atoms with E-state index in [2.05, 4.69) is 10.0 Å². The minimum Gasteiger partial charge on any atom is -0.345 e. The lowest BCUT2D eigenvalue weighted by Crippen LogP contribution is -2.32. The molecule has 0 saturated heterocycles. The van der Waals surface area contributed by atoms with E-state index in [4.69, 9.17) is 11.6 Å². The van der Waals surface area contributed by atoms with Crippen LogP contribution in [0.4, 0.5) is 4.39 Å². The van der Waals surface area contributed by atoms with E-state index in [1.54, 1.807) is 26.0 Å². The van der Waals surface area contributed by atoms with Crippen molar-refractivity contribution in [2.75, 3.05) is 5.75 Å². The van der Waals surface area contributed by atoms with Crippen LogP contribution in [0.25, 0.3) is 0 Å². The van der Waals surface area contributed by atoms with Crippen LogP contribution < -0.4 is 10.0 Å². The molecule has 2 N–H and O–H groups in total. The number of halogens is 2. The molecule has 1 atom stereocenters. The van der Waals surface area contributed by atoms with E-state index < -0.39 is 15.9 Å². The van der Waals surface area contributed by atoms with Crippen LogP contribution in [0.5, 0.6) is 0 Å². The maximum Gasteiger partial charge on any atom is 0.253 e. The van der Waals surface area contributed by atoms with Gasteiger partial charge in [0, 0.05) is 16.7 Å². The van der Waals surface area contributed by atoms with Gasteiger partial charge < -0.3 is 5.32 Å². The molecule has 1 aliphatic heterocycles. The highest BCUT2D eigenvalue weighted by Crippen LogP contribution is 2.38. The van der Waals surface area contributed by atoms with Gasteiger partial charge >= 0.3 is 0 Å². The first-order valence-electron chi connectivity index (χ1n) is 8.73. The van der Waals surface area contributed by atoms with Gasteiger partial charge in [0.05, 0.1) is 21.5 Å². The quantitative estimate of drug-likeness (QED) is 0.729. The average Bonchev–Trinajstić information content (AvgIpc) is 2.61. The summed E-state index contributed by atoms with van der Waals surface area (Å²) < 4.78 is 41.3. The summed E-state index contributed by atoms with van der Waals surface area (Å²) in [6.45, 7) is 3.41. The summed E-state index contributed by atoms with van der Waals surface area (Å²) >= 11 is 7.57. The van der Waals surface area contributed by atoms with Crippen LogP contribution >= 0.6 is 23.4 Å². The highest BCUT2D eigenvalue weighted by molar-refractivity contribution is 7.99. The molecule has 1 unspecified atom stereocenters. The van der Waals surface area contributed by atoms with Crippen molar-refractivity contribution in [1.29, 1.82) is 0 Å². The fourth-order valence-electron chi connectivity index (χ4n) is 3.00. The molecule has 1 heterocycles. The molecule has 9 heteroatoms. The van der Waals surface area contributed by atoms with Crippen molar-refractivity contribution in [2.45, 2.75) is 42.1 Å². The highest BCUT2D eigenvalue weighted by atomic mass is 35.5. The maximum absolute atomic E-state index is 14.0. The lowest BCUT2D eigenvalue weighted by molar-refractivity contribution is 0.0934. The summed E-state index contributed by atoms with van der Waals surface area (Å²) in [7, 11) is -3.76. The molecule has 0 spiro atoms. The van der Waals surface area contributed by atoms with Crippen LogP contribution in [0.2, 0.25) is 5.02 Å². The van der Waals surface area contributed by atoms with E-state index in [0.717, 1.165) is 0 Å². The molecular formula is C19H20ClFN2O3S2. The van der Waals surface area contributed by atoms with E-state index in [1.165, 1.54) is 36.0 Å². The Balaban J connectivity index is 1.88. The molecule has 3 rings (SSSR count). The number of amides is 1. The summed E-state index contributed by atoms with van der Waals surface area (Å²) in [5.41, 5.74) is 0.774. The monoisotopic (exact) mass is 442 g/mol. The molecule has 0 aromatic heterocycles. The first-order valence-corrected chi connectivity index (χ1v) is 11.6. The van der Waals surface area contributed by atoms with Gasteiger partial charge in [0.2, 0.25) is 10.0 Å². The van der Waals surface area contributed by atoms with Gasteiger partial charge in [-0.2, -0.15) is 0 Å². The standard InChI is InChI=1S/C19H20ClFN2O3S2/c1-11(2)23-28(25,26)12-6-7-15(20)14(10-12)19(24)22-17-8-9-27-18-13(17)4-3-5-16(18)21/h3-7,10-11,17,23H,8-9H2,1-2H3,(H,22,24). The van der Waals surface area contributed by atoms with Crippen LogP contribution in [0.15, 0.2) is 46.2 Å². The van der Waals surface area contributed by atoms with Gasteiger partial charge in [0.15, 0.2) is 0 Å². The van der Waals surface area contributed by atoms with Crippen molar-refractivity contribution in [3.8, 4) is 0 Å². The fraction of sp³-hybridized carbons (Fsp3) is 0.316. The third-order valence-electron chi connectivity index (χ3n) is 4.21. The van der Waals surface area contributed by atoms with Crippen LogP contribution in [0, 0.1) is 5.82 Å². The molecular weight excluding hydrogens is 423 g/mol. The summed E-state index contributed by atoms with van der Waals surface area (Å²) in [5, 5.41) is 3.00. The van der Waals surface area contributed by atoms with Crippen LogP contribution in [0.3, 0.4) is 0 Å². The molecule has 2 aromatic rings. The van der Waals surface area contributed by atoms with Crippen molar-refractivity contribution < 1.29 is 17.6 Å². The zero-order valence-corrected chi connectivity index (χ0v) is 17.7. The topological polar surface area (TPSA) is 75.3 Å². The van der Waals surface area contributed by atoms with E-state index >= 15 is 0 Å². The molecule has 0 aliphatic carbocycles. The number of rotatable bonds is 5. The Bertz CT molecular complexity index is 1010. The number of hydrogen-bond acceptors (Lipinski definition) is 4. The van der Waals surface area contributed by atoms with Crippen LogP contribution in [-0.2, 0) is 10.0 Å². The largest absolute Gasteiger partial charge is 0.345 e. The molecule has 0 saturated carbocycles. The second-order valence-corrected chi connectivity index (χ2v) is 9.97. The van der Waals surface area contributed by atoms with Crippen molar-refractivity contribution in [3.63, 3.8) is 0 Å². The third-order valence-corrected chi connectivity index (χ3v) is 7.36. The van der Waals surface area contributed by atoms with E-state index in [0.29, 0.717) is 22.6 Å². The number of benzene rings is 2. The van der Waals surface area contributed by atoms with Gasteiger partial charge in [-0.25, -0.2) is 17.5 Å². The number of fused-ring (bicyclic) bond motifs is 1. The van der Waals surface area contributed by atoms with Gasteiger partial charge in [-0.15, -0.1) is 11.8 Å². The lowest BCUT2D eigenvalue weighted by atomic mass is 10.0. The minimum absolute atomic E-state index is 0.0404. The molecule has 150 valence electrons. The van der Waals surface area contributed by atoms with Crippen LogP contribution in [0.1, 0.15) is 42.2 Å². The number of carbonyl (C=O) groups excluding carboxylic acids is 1. The predicted octanol–water partition coefficient (Wildman–Crippen LogP) is 4.13. The van der Waals surface area contributed by atoms with Gasteiger partial charge in [-0.1, -0.05) is 23.7 Å². The maximum atomic E-state index is 14.0. The van der Waals surface area contributed by atoms with Crippen molar-refractivity contribution in [2.24, 2.45) is 0 Å². The molecule has 28 heavy (non-hydrogen) atoms. The van der Waals surface area contributed by atoms with Crippen molar-refractivity contribution in [1.82, 2.24) is 10.0 Å². The number of carbonyl (C=O) groups is 1. The molecule has 5 nitrogen and oxygen atoms in total. The number of nitrogens with one attached hydrogen (secondary N) is 2. The number of thioether (sulfide) groups is 1. The minimum atomic E-state index is -3.76. The Labute approximate surface area is 173 Å². The Hall–Kier alpha value is -1.61. The summed E-state index contributed by atoms with van der Waals surface area (Å²) in [5.74, 6) is -0.148. The zero-order chi connectivity index (χ0) is 20.5. The Morgan fingerprint density at radius 1 is 1.29 bits per heavy atom. The summed E-state index contributed by atoms with van der Waals surface area (Å²) in [6.07, 6.45) is 0.636. The van der Waals surface area contributed by atoms with E-state index in [9.17, 15) is 17.6 Å². The Kier molecular flexibility index (Phi) is 6.34. The molecule has 0 bridgehead atoms. The number of hydrogen-bond donors (Lipinski definition) is 2. The Morgan fingerprint density at radius 2 is 2.04 bits per heavy atom. The smallest absolute Gasteiger partial charge is 0.253 e. The highest BCUT2D eigenvalue weighted by Gasteiger charge is 2.26. The lowest BCUT2D eigenvalue weighted by Gasteiger charge is -2.26. The first-order chi connectivity index (χ1) is 13.2. The second-order valence-electron chi connectivity index (χ2n) is 6.74. The molecule has 1 amide bonds. The normalized spacial score (nSPS) is 16.7. The van der Waals surface area contributed by atoms with E-state index in [1.807, 2.05) is 0 Å². The molecule has 1 aliphatic rings. The molecule has 2 aromatic carbocycles. The van der Waals surface area contributed by atoms with Crippen molar-refractivity contribution in [3.05, 3.63) is 58.4 Å². The molecule has 0 radical (unpaired) electrons. The molecule has 0 fully saturated rings. The average molecular weight is 443 g/mol. The van der Waals surface area contributed by atoms with Gasteiger partial charge in [0.25, 0.3) is 5.91 Å². The van der Waals surface area contributed by atoms with Crippen molar-refractivity contribution >= 4 is 39.3 Å². The SMILES string of the molecule is CC(C)NS(=O)(=O)c1ccc(Cl)c(C(=O)NC2CCSc3c(F)cccc32)c1. The van der Waals surface area contributed by atoms with Gasteiger partial charge in [0.1, 0.15) is 5.82 Å². The summed E-state index contributed by atoms with van der Waals surface area (Å²) in [6, 6.07) is 8.12. The van der Waals surface area contributed by atoms with Crippen LogP contribution in [-0.4, -0.2) is 26.1 Å². The number of sulfonamides is 1. The predicted molar refractivity (Wildman–Crippen MR) is 109 cm³/mol. The van der Waals surface area contributed by atoms with E-state index in [-0.39, 0.29) is 33.4 Å².